The lowest BCUT2D eigenvalue weighted by Crippen LogP contribution is -2.31. The molecule has 1 aliphatic rings. The van der Waals surface area contributed by atoms with E-state index in [1.165, 1.54) is 13.1 Å². The van der Waals surface area contributed by atoms with Crippen LogP contribution in [0.4, 0.5) is 0 Å². The molecule has 1 fully saturated rings. The first kappa shape index (κ1) is 8.74. The largest absolute Gasteiger partial charge is 0.315 e. The van der Waals surface area contributed by atoms with Gasteiger partial charge in [-0.1, -0.05) is 13.8 Å². The molecule has 0 amide bonds. The molecule has 0 spiro atoms. The zero-order valence-corrected chi connectivity index (χ0v) is 8.81. The first-order valence-corrected chi connectivity index (χ1v) is 4.68. The second kappa shape index (κ2) is 3.36. The summed E-state index contributed by atoms with van der Waals surface area (Å²) in [5.41, 5.74) is 0.442. The summed E-state index contributed by atoms with van der Waals surface area (Å²) in [5, 5.41) is 3.42. The first-order chi connectivity index (χ1) is 4.60. The van der Waals surface area contributed by atoms with Gasteiger partial charge in [-0.15, -0.1) is 0 Å². The van der Waals surface area contributed by atoms with Crippen LogP contribution >= 0.6 is 22.9 Å². The van der Waals surface area contributed by atoms with Crippen LogP contribution < -0.4 is 5.32 Å². The maximum absolute atomic E-state index is 3.42. The fourth-order valence-corrected chi connectivity index (χ4v) is 2.39. The lowest BCUT2D eigenvalue weighted by Gasteiger charge is -2.24. The minimum Gasteiger partial charge on any atom is -0.315 e. The average molecular weight is 254 g/mol. The van der Waals surface area contributed by atoms with Crippen molar-refractivity contribution in [2.75, 3.05) is 26.2 Å². The summed E-state index contributed by atoms with van der Waals surface area (Å²) >= 11 is 2.40. The summed E-state index contributed by atoms with van der Waals surface area (Å²) < 4.78 is 2.36. The van der Waals surface area contributed by atoms with E-state index in [-0.39, 0.29) is 0 Å². The third-order valence-electron chi connectivity index (χ3n) is 1.73. The quantitative estimate of drug-likeness (QED) is 0.517. The lowest BCUT2D eigenvalue weighted by atomic mass is 9.94. The van der Waals surface area contributed by atoms with Crippen molar-refractivity contribution in [1.29, 1.82) is 0 Å². The smallest absolute Gasteiger partial charge is 0.0206 e. The van der Waals surface area contributed by atoms with Gasteiger partial charge >= 0.3 is 0 Å². The predicted octanol–water partition coefficient (Wildman–Crippen LogP) is 1.27. The molecule has 2 nitrogen and oxygen atoms in total. The fraction of sp³-hybridized carbons (Fsp3) is 1.00. The Morgan fingerprint density at radius 2 is 2.20 bits per heavy atom. The number of hydrogen-bond donors (Lipinski definition) is 1. The van der Waals surface area contributed by atoms with Crippen molar-refractivity contribution < 1.29 is 0 Å². The molecule has 0 bridgehead atoms. The topological polar surface area (TPSA) is 15.3 Å². The van der Waals surface area contributed by atoms with Crippen LogP contribution in [0.1, 0.15) is 13.8 Å². The highest BCUT2D eigenvalue weighted by Gasteiger charge is 2.22. The van der Waals surface area contributed by atoms with Crippen molar-refractivity contribution in [2.45, 2.75) is 13.8 Å². The molecule has 0 aromatic carbocycles. The van der Waals surface area contributed by atoms with Crippen LogP contribution in [0.5, 0.6) is 0 Å². The van der Waals surface area contributed by atoms with Crippen molar-refractivity contribution in [3.8, 4) is 0 Å². The molecule has 0 aliphatic carbocycles. The van der Waals surface area contributed by atoms with Crippen LogP contribution in [-0.2, 0) is 0 Å². The van der Waals surface area contributed by atoms with Gasteiger partial charge in [0.15, 0.2) is 0 Å². The van der Waals surface area contributed by atoms with E-state index in [4.69, 9.17) is 0 Å². The number of nitrogens with zero attached hydrogens (tertiary/aromatic N) is 1. The number of hydrogen-bond acceptors (Lipinski definition) is 2. The number of nitrogens with one attached hydrogen (secondary N) is 1. The molecule has 0 atom stereocenters. The molecular weight excluding hydrogens is 239 g/mol. The van der Waals surface area contributed by atoms with E-state index in [9.17, 15) is 0 Å². The summed E-state index contributed by atoms with van der Waals surface area (Å²) in [7, 11) is 0. The average Bonchev–Trinajstić information content (AvgIpc) is 1.90. The van der Waals surface area contributed by atoms with Crippen molar-refractivity contribution in [1.82, 2.24) is 8.43 Å². The zero-order chi connectivity index (χ0) is 7.61. The van der Waals surface area contributed by atoms with Gasteiger partial charge in [-0.3, -0.25) is 0 Å². The molecule has 60 valence electrons. The van der Waals surface area contributed by atoms with Crippen LogP contribution in [0, 0.1) is 5.41 Å². The lowest BCUT2D eigenvalue weighted by molar-refractivity contribution is 0.316. The van der Waals surface area contributed by atoms with E-state index in [1.54, 1.807) is 0 Å². The van der Waals surface area contributed by atoms with Gasteiger partial charge in [0.1, 0.15) is 0 Å². The fourth-order valence-electron chi connectivity index (χ4n) is 1.23. The van der Waals surface area contributed by atoms with Crippen LogP contribution in [-0.4, -0.2) is 29.3 Å². The number of rotatable bonds is 0. The van der Waals surface area contributed by atoms with Gasteiger partial charge < -0.3 is 5.32 Å². The highest BCUT2D eigenvalue weighted by atomic mass is 127. The van der Waals surface area contributed by atoms with Crippen LogP contribution in [0.25, 0.3) is 0 Å². The molecule has 0 aromatic rings. The van der Waals surface area contributed by atoms with Gasteiger partial charge in [0.2, 0.25) is 0 Å². The molecular formula is C7H15IN2. The van der Waals surface area contributed by atoms with Crippen LogP contribution in [0.3, 0.4) is 0 Å². The zero-order valence-electron chi connectivity index (χ0n) is 6.65. The van der Waals surface area contributed by atoms with Crippen molar-refractivity contribution in [3.05, 3.63) is 0 Å². The molecule has 0 radical (unpaired) electrons. The molecule has 0 saturated carbocycles. The Morgan fingerprint density at radius 1 is 1.50 bits per heavy atom. The molecule has 1 rings (SSSR count). The van der Waals surface area contributed by atoms with Gasteiger partial charge in [0, 0.05) is 49.0 Å². The molecule has 1 N–H and O–H groups in total. The monoisotopic (exact) mass is 254 g/mol. The first-order valence-electron chi connectivity index (χ1n) is 3.72. The molecule has 0 unspecified atom stereocenters. The van der Waals surface area contributed by atoms with Gasteiger partial charge in [0.05, 0.1) is 0 Å². The Bertz CT molecular complexity index is 114. The highest BCUT2D eigenvalue weighted by Crippen LogP contribution is 2.19. The molecule has 1 heterocycles. The summed E-state index contributed by atoms with van der Waals surface area (Å²) in [6.07, 6.45) is 0. The van der Waals surface area contributed by atoms with E-state index in [0.717, 1.165) is 13.1 Å². The molecule has 1 saturated heterocycles. The second-order valence-corrected chi connectivity index (χ2v) is 5.05. The van der Waals surface area contributed by atoms with Crippen molar-refractivity contribution in [2.24, 2.45) is 5.41 Å². The Balaban J connectivity index is 2.46. The predicted molar refractivity (Wildman–Crippen MR) is 52.2 cm³/mol. The Morgan fingerprint density at radius 3 is 2.90 bits per heavy atom. The van der Waals surface area contributed by atoms with Gasteiger partial charge in [-0.25, -0.2) is 3.11 Å². The Hall–Kier alpha value is 0.650. The van der Waals surface area contributed by atoms with E-state index in [2.05, 4.69) is 45.1 Å². The minimum absolute atomic E-state index is 0.442. The summed E-state index contributed by atoms with van der Waals surface area (Å²) in [5.74, 6) is 0. The third kappa shape index (κ3) is 2.72. The van der Waals surface area contributed by atoms with Crippen molar-refractivity contribution >= 4 is 22.9 Å². The highest BCUT2D eigenvalue weighted by molar-refractivity contribution is 14.1. The molecule has 10 heavy (non-hydrogen) atoms. The minimum atomic E-state index is 0.442. The summed E-state index contributed by atoms with van der Waals surface area (Å²) in [4.78, 5) is 0. The Kier molecular flexibility index (Phi) is 2.94. The van der Waals surface area contributed by atoms with Gasteiger partial charge in [-0.05, 0) is 5.41 Å². The normalized spacial score (nSPS) is 27.9. The maximum Gasteiger partial charge on any atom is 0.0206 e. The molecule has 0 aromatic heterocycles. The van der Waals surface area contributed by atoms with Gasteiger partial charge in [0.25, 0.3) is 0 Å². The summed E-state index contributed by atoms with van der Waals surface area (Å²) in [6.45, 7) is 9.25. The van der Waals surface area contributed by atoms with E-state index in [1.807, 2.05) is 0 Å². The van der Waals surface area contributed by atoms with E-state index in [0.29, 0.717) is 5.41 Å². The third-order valence-corrected chi connectivity index (χ3v) is 2.56. The SMILES string of the molecule is CC1(C)CNCCN(I)C1. The summed E-state index contributed by atoms with van der Waals surface area (Å²) in [6, 6.07) is 0. The van der Waals surface area contributed by atoms with E-state index < -0.39 is 0 Å². The second-order valence-electron chi connectivity index (χ2n) is 3.69. The van der Waals surface area contributed by atoms with Crippen molar-refractivity contribution in [3.63, 3.8) is 0 Å². The number of halogens is 1. The Labute approximate surface area is 76.9 Å². The molecule has 1 aliphatic heterocycles. The standard InChI is InChI=1S/C7H15IN2/c1-7(2)5-9-3-4-10(8)6-7/h9H,3-6H2,1-2H3. The van der Waals surface area contributed by atoms with E-state index >= 15 is 0 Å². The molecule has 3 heteroatoms. The van der Waals surface area contributed by atoms with Crippen LogP contribution in [0.15, 0.2) is 0 Å². The van der Waals surface area contributed by atoms with Crippen LogP contribution in [0.2, 0.25) is 0 Å². The maximum atomic E-state index is 3.42. The van der Waals surface area contributed by atoms with Gasteiger partial charge in [-0.2, -0.15) is 0 Å².